The van der Waals surface area contributed by atoms with Crippen molar-refractivity contribution in [3.63, 3.8) is 0 Å². The molecule has 15 heavy (non-hydrogen) atoms. The maximum absolute atomic E-state index is 11.2. The molecule has 82 valence electrons. The quantitative estimate of drug-likeness (QED) is 0.709. The Hall–Kier alpha value is -1.44. The number of Topliss-reactive ketones (excluding diaryl/α,β-unsaturated/α-hetero) is 2. The highest BCUT2D eigenvalue weighted by molar-refractivity contribution is 5.98. The molecule has 0 aliphatic carbocycles. The van der Waals surface area contributed by atoms with Crippen molar-refractivity contribution in [2.24, 2.45) is 0 Å². The number of hydrogen-bond donors (Lipinski definition) is 0. The van der Waals surface area contributed by atoms with Crippen LogP contribution in [-0.4, -0.2) is 11.6 Å². The van der Waals surface area contributed by atoms with E-state index in [1.54, 1.807) is 24.3 Å². The number of benzene rings is 1. The first-order valence-electron chi connectivity index (χ1n) is 5.29. The van der Waals surface area contributed by atoms with Gasteiger partial charge in [-0.15, -0.1) is 0 Å². The zero-order valence-electron chi connectivity index (χ0n) is 9.83. The molecule has 0 bridgehead atoms. The van der Waals surface area contributed by atoms with Crippen molar-refractivity contribution in [1.82, 2.24) is 0 Å². The lowest BCUT2D eigenvalue weighted by Crippen LogP contribution is -1.98. The van der Waals surface area contributed by atoms with Gasteiger partial charge in [-0.25, -0.2) is 0 Å². The first-order valence-corrected chi connectivity index (χ1v) is 5.29. The van der Waals surface area contributed by atoms with Gasteiger partial charge in [-0.05, 0) is 6.92 Å². The molecule has 0 spiro atoms. The molecule has 0 amide bonds. The van der Waals surface area contributed by atoms with Crippen LogP contribution in [0.2, 0.25) is 0 Å². The largest absolute Gasteiger partial charge is 0.295 e. The summed E-state index contributed by atoms with van der Waals surface area (Å²) in [7, 11) is 0. The Balaban J connectivity index is 0.000000921. The molecular formula is C13H18O2. The van der Waals surface area contributed by atoms with Crippen molar-refractivity contribution in [2.75, 3.05) is 0 Å². The average molecular weight is 206 g/mol. The molecule has 0 aromatic heterocycles. The molecule has 0 saturated heterocycles. The molecular weight excluding hydrogens is 188 g/mol. The fraction of sp³-hybridized carbons (Fsp3) is 0.385. The predicted molar refractivity (Wildman–Crippen MR) is 62.4 cm³/mol. The van der Waals surface area contributed by atoms with E-state index in [2.05, 4.69) is 0 Å². The first-order chi connectivity index (χ1) is 7.15. The normalized spacial score (nSPS) is 8.80. The number of carbonyl (C=O) groups excluding carboxylic acids is 2. The molecule has 0 N–H and O–H groups in total. The summed E-state index contributed by atoms with van der Waals surface area (Å²) in [6, 6.07) is 6.77. The Morgan fingerprint density at radius 2 is 1.40 bits per heavy atom. The molecule has 2 nitrogen and oxygen atoms in total. The van der Waals surface area contributed by atoms with Gasteiger partial charge in [0.25, 0.3) is 0 Å². The lowest BCUT2D eigenvalue weighted by atomic mass is 10.1. The van der Waals surface area contributed by atoms with Crippen LogP contribution in [0.5, 0.6) is 0 Å². The number of carbonyl (C=O) groups is 2. The Morgan fingerprint density at radius 3 is 1.73 bits per heavy atom. The molecule has 0 aliphatic heterocycles. The van der Waals surface area contributed by atoms with Crippen molar-refractivity contribution in [3.8, 4) is 0 Å². The van der Waals surface area contributed by atoms with Gasteiger partial charge in [0.1, 0.15) is 0 Å². The van der Waals surface area contributed by atoms with Crippen LogP contribution in [0.4, 0.5) is 0 Å². The van der Waals surface area contributed by atoms with Crippen molar-refractivity contribution in [1.29, 1.82) is 0 Å². The van der Waals surface area contributed by atoms with Crippen LogP contribution in [0.1, 0.15) is 54.8 Å². The fourth-order valence-electron chi connectivity index (χ4n) is 1.09. The topological polar surface area (TPSA) is 34.1 Å². The van der Waals surface area contributed by atoms with Gasteiger partial charge in [0.05, 0.1) is 0 Å². The van der Waals surface area contributed by atoms with Crippen molar-refractivity contribution in [2.45, 2.75) is 34.1 Å². The minimum absolute atomic E-state index is 0.0236. The summed E-state index contributed by atoms with van der Waals surface area (Å²) in [5, 5.41) is 0. The molecule has 0 unspecified atom stereocenters. The molecule has 0 atom stereocenters. The third kappa shape index (κ3) is 4.07. The van der Waals surface area contributed by atoms with E-state index in [0.717, 1.165) is 0 Å². The number of rotatable bonds is 3. The highest BCUT2D eigenvalue weighted by Crippen LogP contribution is 2.07. The third-order valence-corrected chi connectivity index (χ3v) is 1.93. The molecule has 0 saturated carbocycles. The van der Waals surface area contributed by atoms with Gasteiger partial charge in [-0.1, -0.05) is 45.0 Å². The van der Waals surface area contributed by atoms with Crippen LogP contribution in [0.15, 0.2) is 24.3 Å². The van der Waals surface area contributed by atoms with Gasteiger partial charge in [0.2, 0.25) is 0 Å². The molecule has 2 heteroatoms. The van der Waals surface area contributed by atoms with Gasteiger partial charge < -0.3 is 0 Å². The van der Waals surface area contributed by atoms with E-state index in [0.29, 0.717) is 17.5 Å². The summed E-state index contributed by atoms with van der Waals surface area (Å²) >= 11 is 0. The van der Waals surface area contributed by atoms with Gasteiger partial charge in [0, 0.05) is 17.5 Å². The molecule has 1 aromatic carbocycles. The monoisotopic (exact) mass is 206 g/mol. The van der Waals surface area contributed by atoms with E-state index in [9.17, 15) is 9.59 Å². The smallest absolute Gasteiger partial charge is 0.162 e. The predicted octanol–water partition coefficient (Wildman–Crippen LogP) is 3.51. The summed E-state index contributed by atoms with van der Waals surface area (Å²) in [6.45, 7) is 7.33. The molecule has 1 aromatic rings. The second kappa shape index (κ2) is 6.93. The Labute approximate surface area is 91.3 Å². The van der Waals surface area contributed by atoms with E-state index in [4.69, 9.17) is 0 Å². The first kappa shape index (κ1) is 13.6. The second-order valence-corrected chi connectivity index (χ2v) is 2.91. The zero-order chi connectivity index (χ0) is 11.8. The molecule has 1 rings (SSSR count). The lowest BCUT2D eigenvalue weighted by Gasteiger charge is -1.98. The van der Waals surface area contributed by atoms with Gasteiger partial charge >= 0.3 is 0 Å². The summed E-state index contributed by atoms with van der Waals surface area (Å²) in [5.74, 6) is 0.130. The fourth-order valence-corrected chi connectivity index (χ4v) is 1.09. The maximum atomic E-state index is 11.2. The Morgan fingerprint density at radius 1 is 1.00 bits per heavy atom. The average Bonchev–Trinajstić information content (AvgIpc) is 2.31. The summed E-state index contributed by atoms with van der Waals surface area (Å²) in [4.78, 5) is 22.1. The molecule has 0 aliphatic rings. The third-order valence-electron chi connectivity index (χ3n) is 1.93. The molecule has 0 heterocycles. The van der Waals surface area contributed by atoms with Crippen LogP contribution >= 0.6 is 0 Å². The summed E-state index contributed by atoms with van der Waals surface area (Å²) in [6.07, 6.45) is 0.499. The van der Waals surface area contributed by atoms with E-state index >= 15 is 0 Å². The summed E-state index contributed by atoms with van der Waals surface area (Å²) in [5.41, 5.74) is 1.32. The lowest BCUT2D eigenvalue weighted by molar-refractivity contribution is 0.0983. The summed E-state index contributed by atoms with van der Waals surface area (Å²) < 4.78 is 0. The standard InChI is InChI=1S/C11H12O2.C2H6/c1-3-11(13)10-6-4-9(5-7-10)8(2)12;1-2/h4-7H,3H2,1-2H3;1-2H3. The van der Waals surface area contributed by atoms with E-state index in [-0.39, 0.29) is 11.6 Å². The highest BCUT2D eigenvalue weighted by atomic mass is 16.1. The van der Waals surface area contributed by atoms with Crippen LogP contribution < -0.4 is 0 Å². The maximum Gasteiger partial charge on any atom is 0.162 e. The van der Waals surface area contributed by atoms with Crippen LogP contribution in [0, 0.1) is 0 Å². The van der Waals surface area contributed by atoms with Crippen molar-refractivity contribution >= 4 is 11.6 Å². The van der Waals surface area contributed by atoms with E-state index in [1.165, 1.54) is 6.92 Å². The second-order valence-electron chi connectivity index (χ2n) is 2.91. The Bertz CT molecular complexity index is 323. The SMILES string of the molecule is CC.CCC(=O)c1ccc(C(C)=O)cc1. The number of hydrogen-bond acceptors (Lipinski definition) is 2. The minimum atomic E-state index is 0.0236. The molecule has 0 radical (unpaired) electrons. The van der Waals surface area contributed by atoms with Gasteiger partial charge in [-0.3, -0.25) is 9.59 Å². The van der Waals surface area contributed by atoms with Crippen molar-refractivity contribution < 1.29 is 9.59 Å². The van der Waals surface area contributed by atoms with E-state index < -0.39 is 0 Å². The van der Waals surface area contributed by atoms with Gasteiger partial charge in [0.15, 0.2) is 11.6 Å². The molecule has 0 fully saturated rings. The highest BCUT2D eigenvalue weighted by Gasteiger charge is 2.03. The van der Waals surface area contributed by atoms with Crippen LogP contribution in [0.25, 0.3) is 0 Å². The van der Waals surface area contributed by atoms with Crippen LogP contribution in [0.3, 0.4) is 0 Å². The van der Waals surface area contributed by atoms with Crippen LogP contribution in [-0.2, 0) is 0 Å². The minimum Gasteiger partial charge on any atom is -0.295 e. The van der Waals surface area contributed by atoms with Crippen molar-refractivity contribution in [3.05, 3.63) is 35.4 Å². The number of ketones is 2. The Kier molecular flexibility index (Phi) is 6.27. The van der Waals surface area contributed by atoms with E-state index in [1.807, 2.05) is 20.8 Å². The van der Waals surface area contributed by atoms with Gasteiger partial charge in [-0.2, -0.15) is 0 Å². The zero-order valence-corrected chi connectivity index (χ0v) is 9.83.